The predicted molar refractivity (Wildman–Crippen MR) is 78.9 cm³/mol. The summed E-state index contributed by atoms with van der Waals surface area (Å²) in [7, 11) is 0. The quantitative estimate of drug-likeness (QED) is 0.884. The first-order valence-electron chi connectivity index (χ1n) is 5.97. The van der Waals surface area contributed by atoms with Gasteiger partial charge in [0, 0.05) is 30.4 Å². The molecule has 0 aliphatic rings. The number of carbonyl (C=O) groups excluding carboxylic acids is 1. The highest BCUT2D eigenvalue weighted by Crippen LogP contribution is 2.30. The second-order valence-electron chi connectivity index (χ2n) is 4.18. The molecule has 6 nitrogen and oxygen atoms in total. The number of aromatic carboxylic acids is 1. The summed E-state index contributed by atoms with van der Waals surface area (Å²) in [5, 5.41) is 15.9. The molecule has 1 aromatic heterocycles. The number of carboxylic acid groups (broad SMARTS) is 1. The zero-order valence-electron chi connectivity index (χ0n) is 10.7. The van der Waals surface area contributed by atoms with Crippen molar-refractivity contribution >= 4 is 40.8 Å². The van der Waals surface area contributed by atoms with Crippen LogP contribution in [0.1, 0.15) is 16.8 Å². The fraction of sp³-hybridized carbons (Fsp3) is 0.154. The van der Waals surface area contributed by atoms with Gasteiger partial charge in [0.05, 0.1) is 16.3 Å². The summed E-state index contributed by atoms with van der Waals surface area (Å²) < 4.78 is 1.60. The van der Waals surface area contributed by atoms with Gasteiger partial charge in [-0.15, -0.1) is 0 Å². The largest absolute Gasteiger partial charge is 0.478 e. The summed E-state index contributed by atoms with van der Waals surface area (Å²) in [6, 6.07) is 4.36. The van der Waals surface area contributed by atoms with Crippen molar-refractivity contribution in [2.75, 3.05) is 5.32 Å². The Kier molecular flexibility index (Phi) is 4.82. The van der Waals surface area contributed by atoms with E-state index in [1.807, 2.05) is 0 Å². The van der Waals surface area contributed by atoms with Crippen molar-refractivity contribution in [3.8, 4) is 0 Å². The Morgan fingerprint density at radius 2 is 2.10 bits per heavy atom. The summed E-state index contributed by atoms with van der Waals surface area (Å²) >= 11 is 11.7. The molecule has 0 saturated heterocycles. The van der Waals surface area contributed by atoms with Gasteiger partial charge in [-0.1, -0.05) is 23.2 Å². The summed E-state index contributed by atoms with van der Waals surface area (Å²) in [4.78, 5) is 23.1. The van der Waals surface area contributed by atoms with Crippen LogP contribution in [0.25, 0.3) is 0 Å². The molecule has 0 spiro atoms. The smallest absolute Gasteiger partial charge is 0.337 e. The number of anilines is 1. The molecule has 0 saturated carbocycles. The number of aromatic nitrogens is 2. The number of carboxylic acids is 1. The molecule has 1 aromatic carbocycles. The highest BCUT2D eigenvalue weighted by Gasteiger charge is 2.17. The third-order valence-electron chi connectivity index (χ3n) is 2.68. The van der Waals surface area contributed by atoms with Crippen molar-refractivity contribution in [1.82, 2.24) is 9.78 Å². The van der Waals surface area contributed by atoms with Crippen LogP contribution < -0.4 is 5.32 Å². The van der Waals surface area contributed by atoms with Crippen molar-refractivity contribution in [2.45, 2.75) is 13.0 Å². The summed E-state index contributed by atoms with van der Waals surface area (Å²) in [5.74, 6) is -1.58. The highest BCUT2D eigenvalue weighted by atomic mass is 35.5. The second kappa shape index (κ2) is 6.60. The number of hydrogen-bond donors (Lipinski definition) is 2. The zero-order valence-corrected chi connectivity index (χ0v) is 12.2. The van der Waals surface area contributed by atoms with Crippen LogP contribution in [0.5, 0.6) is 0 Å². The first-order valence-corrected chi connectivity index (χ1v) is 6.72. The molecule has 2 rings (SSSR count). The Balaban J connectivity index is 2.11. The number of benzene rings is 1. The predicted octanol–water partition coefficient (Wildman–Crippen LogP) is 2.92. The fourth-order valence-corrected chi connectivity index (χ4v) is 2.26. The second-order valence-corrected chi connectivity index (χ2v) is 5.03. The molecule has 110 valence electrons. The molecule has 1 heterocycles. The molecule has 0 atom stereocenters. The molecule has 0 bridgehead atoms. The van der Waals surface area contributed by atoms with Gasteiger partial charge in [0.15, 0.2) is 0 Å². The number of rotatable bonds is 5. The molecule has 8 heteroatoms. The van der Waals surface area contributed by atoms with E-state index in [0.717, 1.165) is 0 Å². The van der Waals surface area contributed by atoms with Crippen LogP contribution in [0, 0.1) is 0 Å². The number of nitrogens with one attached hydrogen (secondary N) is 1. The number of hydrogen-bond acceptors (Lipinski definition) is 3. The maximum absolute atomic E-state index is 11.9. The third kappa shape index (κ3) is 3.96. The van der Waals surface area contributed by atoms with Gasteiger partial charge < -0.3 is 10.4 Å². The van der Waals surface area contributed by atoms with Crippen LogP contribution in [0.3, 0.4) is 0 Å². The standard InChI is InChI=1S/C13H11Cl2N3O3/c14-8-6-9(13(20)21)12(10(15)7-8)17-11(19)2-5-18-4-1-3-16-18/h1,3-4,6-7H,2,5H2,(H,17,19)(H,20,21). The van der Waals surface area contributed by atoms with E-state index in [2.05, 4.69) is 10.4 Å². The molecule has 0 unspecified atom stereocenters. The minimum absolute atomic E-state index is 0.0408. The first-order chi connectivity index (χ1) is 9.97. The Labute approximate surface area is 130 Å². The topological polar surface area (TPSA) is 84.2 Å². The Hall–Kier alpha value is -2.05. The van der Waals surface area contributed by atoms with Gasteiger partial charge in [0.1, 0.15) is 0 Å². The van der Waals surface area contributed by atoms with Crippen molar-refractivity contribution in [3.63, 3.8) is 0 Å². The average molecular weight is 328 g/mol. The van der Waals surface area contributed by atoms with E-state index < -0.39 is 5.97 Å². The lowest BCUT2D eigenvalue weighted by molar-refractivity contribution is -0.116. The molecule has 0 aliphatic carbocycles. The maximum atomic E-state index is 11.9. The van der Waals surface area contributed by atoms with Crippen molar-refractivity contribution < 1.29 is 14.7 Å². The van der Waals surface area contributed by atoms with Crippen LogP contribution in [-0.2, 0) is 11.3 Å². The monoisotopic (exact) mass is 327 g/mol. The van der Waals surface area contributed by atoms with Gasteiger partial charge in [-0.3, -0.25) is 9.48 Å². The number of carbonyl (C=O) groups is 2. The van der Waals surface area contributed by atoms with Crippen LogP contribution >= 0.6 is 23.2 Å². The van der Waals surface area contributed by atoms with E-state index in [9.17, 15) is 9.59 Å². The molecule has 21 heavy (non-hydrogen) atoms. The van der Waals surface area contributed by atoms with Crippen LogP contribution in [0.4, 0.5) is 5.69 Å². The van der Waals surface area contributed by atoms with Crippen molar-refractivity contribution in [1.29, 1.82) is 0 Å². The van der Waals surface area contributed by atoms with Crippen LogP contribution in [0.2, 0.25) is 10.0 Å². The molecule has 2 N–H and O–H groups in total. The Bertz CT molecular complexity index is 672. The van der Waals surface area contributed by atoms with Gasteiger partial charge in [0.2, 0.25) is 5.91 Å². The van der Waals surface area contributed by atoms with Crippen LogP contribution in [-0.4, -0.2) is 26.8 Å². The third-order valence-corrected chi connectivity index (χ3v) is 3.19. The van der Waals surface area contributed by atoms with Gasteiger partial charge in [-0.2, -0.15) is 5.10 Å². The van der Waals surface area contributed by atoms with E-state index in [4.69, 9.17) is 28.3 Å². The van der Waals surface area contributed by atoms with Gasteiger partial charge in [0.25, 0.3) is 0 Å². The lowest BCUT2D eigenvalue weighted by Crippen LogP contribution is -2.17. The molecule has 2 aromatic rings. The SMILES string of the molecule is O=C(CCn1cccn1)Nc1c(Cl)cc(Cl)cc1C(=O)O. The van der Waals surface area contributed by atoms with E-state index >= 15 is 0 Å². The Morgan fingerprint density at radius 1 is 1.33 bits per heavy atom. The molecule has 1 amide bonds. The van der Waals surface area contributed by atoms with Gasteiger partial charge in [-0.25, -0.2) is 4.79 Å². The van der Waals surface area contributed by atoms with Crippen molar-refractivity contribution in [3.05, 3.63) is 46.2 Å². The normalized spacial score (nSPS) is 10.4. The lowest BCUT2D eigenvalue weighted by atomic mass is 10.1. The summed E-state index contributed by atoms with van der Waals surface area (Å²) in [6.07, 6.45) is 3.47. The molecular weight excluding hydrogens is 317 g/mol. The van der Waals surface area contributed by atoms with E-state index in [-0.39, 0.29) is 33.6 Å². The highest BCUT2D eigenvalue weighted by molar-refractivity contribution is 6.37. The van der Waals surface area contributed by atoms with E-state index in [1.165, 1.54) is 12.1 Å². The minimum atomic E-state index is -1.22. The molecular formula is C13H11Cl2N3O3. The lowest BCUT2D eigenvalue weighted by Gasteiger charge is -2.11. The number of nitrogens with zero attached hydrogens (tertiary/aromatic N) is 2. The number of amides is 1. The fourth-order valence-electron chi connectivity index (χ4n) is 1.72. The van der Waals surface area contributed by atoms with Gasteiger partial charge in [-0.05, 0) is 18.2 Å². The average Bonchev–Trinajstić information content (AvgIpc) is 2.92. The number of aryl methyl sites for hydroxylation is 1. The first kappa shape index (κ1) is 15.3. The minimum Gasteiger partial charge on any atom is -0.478 e. The maximum Gasteiger partial charge on any atom is 0.337 e. The van der Waals surface area contributed by atoms with Crippen LogP contribution in [0.15, 0.2) is 30.6 Å². The van der Waals surface area contributed by atoms with Gasteiger partial charge >= 0.3 is 5.97 Å². The summed E-state index contributed by atoms with van der Waals surface area (Å²) in [6.45, 7) is 0.381. The Morgan fingerprint density at radius 3 is 2.71 bits per heavy atom. The number of halogens is 2. The van der Waals surface area contributed by atoms with E-state index in [0.29, 0.717) is 6.54 Å². The van der Waals surface area contributed by atoms with E-state index in [1.54, 1.807) is 23.1 Å². The zero-order chi connectivity index (χ0) is 15.4. The molecule has 0 radical (unpaired) electrons. The summed E-state index contributed by atoms with van der Waals surface area (Å²) in [5.41, 5.74) is -0.112. The van der Waals surface area contributed by atoms with Crippen molar-refractivity contribution in [2.24, 2.45) is 0 Å². The molecule has 0 aliphatic heterocycles. The molecule has 0 fully saturated rings.